The van der Waals surface area contributed by atoms with Gasteiger partial charge in [-0.3, -0.25) is 11.2 Å². The maximum absolute atomic E-state index is 10.5. The normalized spacial score (nSPS) is 16.7. The van der Waals surface area contributed by atoms with E-state index in [1.165, 1.54) is 6.42 Å². The Balaban J connectivity index is 0.000000810. The summed E-state index contributed by atoms with van der Waals surface area (Å²) in [4.78, 5) is 21.0. The molecule has 0 saturated carbocycles. The van der Waals surface area contributed by atoms with Gasteiger partial charge in [0.1, 0.15) is 5.91 Å². The van der Waals surface area contributed by atoms with Crippen LogP contribution in [0.25, 0.3) is 0 Å². The van der Waals surface area contributed by atoms with Gasteiger partial charge in [-0.25, -0.2) is 0 Å². The molecule has 0 radical (unpaired) electrons. The van der Waals surface area contributed by atoms with Gasteiger partial charge < -0.3 is 4.79 Å². The van der Waals surface area contributed by atoms with Crippen LogP contribution in [0, 0.1) is 6.42 Å². The monoisotopic (exact) mass is 330 g/mol. The minimum Gasteiger partial charge on any atom is -0.308 e. The maximum Gasteiger partial charge on any atom is 0.225 e. The zero-order valence-corrected chi connectivity index (χ0v) is 8.64. The molecule has 1 aliphatic heterocycles. The second-order valence-electron chi connectivity index (χ2n) is 1.52. The minimum absolute atomic E-state index is 0. The molecule has 1 saturated heterocycles. The molecule has 4 nitrogen and oxygen atoms in total. The number of carbonyl (C=O) groups is 2. The van der Waals surface area contributed by atoms with E-state index in [0.717, 1.165) is 0 Å². The standard InChI is InChI=1S/C4H4NO3S.W/c6-3-1-2-4(7)5(3)8-9;/h1,9H,2H2;/q-1;. The summed E-state index contributed by atoms with van der Waals surface area (Å²) in [6.45, 7) is 0. The van der Waals surface area contributed by atoms with Gasteiger partial charge in [-0.2, -0.15) is 9.35 Å². The number of thiol groups is 1. The fourth-order valence-corrected chi connectivity index (χ4v) is 0.721. The van der Waals surface area contributed by atoms with Crippen LogP contribution in [0.4, 0.5) is 0 Å². The van der Waals surface area contributed by atoms with Crippen molar-refractivity contribution in [3.63, 3.8) is 0 Å². The van der Waals surface area contributed by atoms with Crippen molar-refractivity contribution in [2.24, 2.45) is 0 Å². The van der Waals surface area contributed by atoms with E-state index in [2.05, 4.69) is 17.2 Å². The summed E-state index contributed by atoms with van der Waals surface area (Å²) in [5.74, 6) is -0.829. The number of amides is 2. The summed E-state index contributed by atoms with van der Waals surface area (Å²) in [6, 6.07) is 0. The van der Waals surface area contributed by atoms with Crippen molar-refractivity contribution in [1.29, 1.82) is 0 Å². The average Bonchev–Trinajstić information content (AvgIpc) is 2.12. The first-order chi connectivity index (χ1) is 4.25. The SMILES string of the molecule is O=C1[CH-]CC(=O)N1OS.[W]. The third kappa shape index (κ3) is 1.75. The number of rotatable bonds is 1. The van der Waals surface area contributed by atoms with Crippen molar-refractivity contribution in [3.8, 4) is 0 Å². The van der Waals surface area contributed by atoms with E-state index in [1.807, 2.05) is 0 Å². The van der Waals surface area contributed by atoms with E-state index >= 15 is 0 Å². The molecule has 6 heteroatoms. The fraction of sp³-hybridized carbons (Fsp3) is 0.250. The minimum atomic E-state index is -0.449. The second kappa shape index (κ2) is 4.01. The zero-order chi connectivity index (χ0) is 6.85. The van der Waals surface area contributed by atoms with Crippen molar-refractivity contribution < 1.29 is 34.9 Å². The Bertz CT molecular complexity index is 147. The first kappa shape index (κ1) is 10.0. The van der Waals surface area contributed by atoms with E-state index in [-0.39, 0.29) is 33.4 Å². The zero-order valence-electron chi connectivity index (χ0n) is 4.81. The third-order valence-corrected chi connectivity index (χ3v) is 1.12. The number of hydroxylamine groups is 2. The van der Waals surface area contributed by atoms with Crippen LogP contribution in [0.5, 0.6) is 0 Å². The molecule has 1 aliphatic rings. The van der Waals surface area contributed by atoms with Gasteiger partial charge >= 0.3 is 0 Å². The molecule has 0 bridgehead atoms. The number of hydrogen-bond donors (Lipinski definition) is 1. The Labute approximate surface area is 77.7 Å². The first-order valence-electron chi connectivity index (χ1n) is 2.27. The van der Waals surface area contributed by atoms with E-state index in [1.54, 1.807) is 0 Å². The number of carbonyl (C=O) groups excluding carboxylic acids is 2. The van der Waals surface area contributed by atoms with Crippen molar-refractivity contribution in [1.82, 2.24) is 5.06 Å². The maximum atomic E-state index is 10.5. The Kier molecular flexibility index (Phi) is 4.01. The van der Waals surface area contributed by atoms with Crippen LogP contribution in [0.3, 0.4) is 0 Å². The molecule has 56 valence electrons. The van der Waals surface area contributed by atoms with Crippen LogP contribution >= 0.6 is 12.9 Å². The molecule has 10 heavy (non-hydrogen) atoms. The van der Waals surface area contributed by atoms with Gasteiger partial charge in [-0.15, -0.1) is 0 Å². The Morgan fingerprint density at radius 1 is 1.60 bits per heavy atom. The third-order valence-electron chi connectivity index (χ3n) is 0.960. The van der Waals surface area contributed by atoms with Crippen molar-refractivity contribution in [2.75, 3.05) is 0 Å². The molecule has 1 heterocycles. The number of imide groups is 1. The quantitative estimate of drug-likeness (QED) is 0.312. The van der Waals surface area contributed by atoms with Crippen LogP contribution in [0.2, 0.25) is 0 Å². The van der Waals surface area contributed by atoms with Crippen LogP contribution in [0.15, 0.2) is 0 Å². The van der Waals surface area contributed by atoms with Gasteiger partial charge in [0.25, 0.3) is 0 Å². The molecule has 0 aliphatic carbocycles. The molecule has 1 rings (SSSR count). The molecule has 0 N–H and O–H groups in total. The van der Waals surface area contributed by atoms with E-state index < -0.39 is 5.91 Å². The Morgan fingerprint density at radius 2 is 2.20 bits per heavy atom. The molecule has 0 aromatic heterocycles. The predicted octanol–water partition coefficient (Wildman–Crippen LogP) is -0.277. The summed E-state index contributed by atoms with van der Waals surface area (Å²) in [5.41, 5.74) is 0. The van der Waals surface area contributed by atoms with Gasteiger partial charge in [0.2, 0.25) is 5.91 Å². The van der Waals surface area contributed by atoms with E-state index in [0.29, 0.717) is 5.06 Å². The molecule has 0 aromatic rings. The molecule has 0 atom stereocenters. The van der Waals surface area contributed by atoms with Gasteiger partial charge in [0.15, 0.2) is 0 Å². The van der Waals surface area contributed by atoms with Crippen LogP contribution in [-0.4, -0.2) is 16.9 Å². The van der Waals surface area contributed by atoms with Crippen LogP contribution < -0.4 is 0 Å². The van der Waals surface area contributed by atoms with Crippen molar-refractivity contribution in [2.45, 2.75) is 6.42 Å². The van der Waals surface area contributed by atoms with Crippen molar-refractivity contribution in [3.05, 3.63) is 6.42 Å². The van der Waals surface area contributed by atoms with Crippen LogP contribution in [-0.2, 0) is 34.9 Å². The molecule has 1 fully saturated rings. The smallest absolute Gasteiger partial charge is 0.225 e. The Hall–Kier alpha value is 0.00831. The van der Waals surface area contributed by atoms with E-state index in [4.69, 9.17) is 0 Å². The molecule has 2 amide bonds. The topological polar surface area (TPSA) is 46.6 Å². The molecule has 0 unspecified atom stereocenters. The van der Waals surface area contributed by atoms with Gasteiger partial charge in [0.05, 0.1) is 0 Å². The molecule has 0 aromatic carbocycles. The average molecular weight is 330 g/mol. The second-order valence-corrected chi connectivity index (χ2v) is 1.68. The largest absolute Gasteiger partial charge is 0.308 e. The van der Waals surface area contributed by atoms with Crippen molar-refractivity contribution >= 4 is 24.7 Å². The van der Waals surface area contributed by atoms with Crippen LogP contribution in [0.1, 0.15) is 6.42 Å². The fourth-order valence-electron chi connectivity index (χ4n) is 0.549. The number of nitrogens with zero attached hydrogens (tertiary/aromatic N) is 1. The molecular weight excluding hydrogens is 326 g/mol. The van der Waals surface area contributed by atoms with Gasteiger partial charge in [-0.1, -0.05) is 6.42 Å². The summed E-state index contributed by atoms with van der Waals surface area (Å²) in [6.07, 6.45) is 1.35. The molecular formula is C4H4NO3SW-. The summed E-state index contributed by atoms with van der Waals surface area (Å²) in [5, 5.41) is 0.600. The Morgan fingerprint density at radius 3 is 2.40 bits per heavy atom. The van der Waals surface area contributed by atoms with E-state index in [9.17, 15) is 9.59 Å². The number of hydrogen-bond acceptors (Lipinski definition) is 4. The van der Waals surface area contributed by atoms with Gasteiger partial charge in [0, 0.05) is 34.0 Å². The first-order valence-corrected chi connectivity index (χ1v) is 2.64. The molecule has 0 spiro atoms. The summed E-state index contributed by atoms with van der Waals surface area (Å²) < 4.78 is 4.13. The van der Waals surface area contributed by atoms with Gasteiger partial charge in [-0.05, 0) is 0 Å². The predicted molar refractivity (Wildman–Crippen MR) is 30.8 cm³/mol. The summed E-state index contributed by atoms with van der Waals surface area (Å²) >= 11 is 3.30. The summed E-state index contributed by atoms with van der Waals surface area (Å²) in [7, 11) is 0.